The molecule has 1 atom stereocenters. The van der Waals surface area contributed by atoms with Crippen LogP contribution in [-0.4, -0.2) is 33.1 Å². The van der Waals surface area contributed by atoms with Crippen molar-refractivity contribution < 1.29 is 9.47 Å². The first-order chi connectivity index (χ1) is 15.3. The quantitative estimate of drug-likeness (QED) is 0.486. The topological polar surface area (TPSA) is 52.4 Å². The second-order valence-electron chi connectivity index (χ2n) is 7.54. The van der Waals surface area contributed by atoms with Gasteiger partial charge in [0.25, 0.3) is 0 Å². The minimum Gasteiger partial charge on any atom is -0.496 e. The molecule has 0 spiro atoms. The van der Waals surface area contributed by atoms with Gasteiger partial charge in [-0.2, -0.15) is 0 Å². The lowest BCUT2D eigenvalue weighted by Gasteiger charge is -2.25. The summed E-state index contributed by atoms with van der Waals surface area (Å²) in [6.07, 6.45) is 5.39. The van der Waals surface area contributed by atoms with Gasteiger partial charge in [-0.3, -0.25) is 9.47 Å². The molecule has 6 heteroatoms. The fourth-order valence-electron chi connectivity index (χ4n) is 4.08. The van der Waals surface area contributed by atoms with Crippen LogP contribution in [0.4, 0.5) is 0 Å². The van der Waals surface area contributed by atoms with E-state index in [1.165, 1.54) is 5.56 Å². The Labute approximate surface area is 181 Å². The summed E-state index contributed by atoms with van der Waals surface area (Å²) in [5.74, 6) is 2.44. The van der Waals surface area contributed by atoms with Crippen molar-refractivity contribution in [1.82, 2.24) is 19.4 Å². The summed E-state index contributed by atoms with van der Waals surface area (Å²) in [4.78, 5) is 11.2. The molecule has 6 nitrogen and oxygen atoms in total. The van der Waals surface area contributed by atoms with E-state index in [4.69, 9.17) is 9.47 Å². The first-order valence-electron chi connectivity index (χ1n) is 10.4. The Morgan fingerprint density at radius 3 is 2.65 bits per heavy atom. The van der Waals surface area contributed by atoms with Crippen LogP contribution in [0, 0.1) is 0 Å². The van der Waals surface area contributed by atoms with E-state index in [1.54, 1.807) is 19.5 Å². The van der Waals surface area contributed by atoms with E-state index in [2.05, 4.69) is 39.1 Å². The van der Waals surface area contributed by atoms with Crippen molar-refractivity contribution in [1.29, 1.82) is 0 Å². The molecule has 2 aromatic heterocycles. The Bertz CT molecular complexity index is 1160. The summed E-state index contributed by atoms with van der Waals surface area (Å²) in [5.41, 5.74) is 3.35. The van der Waals surface area contributed by atoms with Crippen LogP contribution in [-0.2, 0) is 13.1 Å². The molecule has 0 N–H and O–H groups in total. The van der Waals surface area contributed by atoms with Gasteiger partial charge in [0.15, 0.2) is 0 Å². The summed E-state index contributed by atoms with van der Waals surface area (Å²) in [5, 5.41) is 0. The van der Waals surface area contributed by atoms with Gasteiger partial charge in [-0.05, 0) is 30.3 Å². The summed E-state index contributed by atoms with van der Waals surface area (Å²) in [6.45, 7) is 2.27. The monoisotopic (exact) mass is 412 g/mol. The van der Waals surface area contributed by atoms with Gasteiger partial charge in [0.1, 0.15) is 17.6 Å². The largest absolute Gasteiger partial charge is 0.496 e. The van der Waals surface area contributed by atoms with Crippen LogP contribution in [0.5, 0.6) is 11.5 Å². The van der Waals surface area contributed by atoms with Crippen molar-refractivity contribution in [3.63, 3.8) is 0 Å². The van der Waals surface area contributed by atoms with E-state index >= 15 is 0 Å². The number of para-hydroxylation sites is 2. The Morgan fingerprint density at radius 1 is 0.968 bits per heavy atom. The van der Waals surface area contributed by atoms with E-state index < -0.39 is 0 Å². The number of hydrogen-bond acceptors (Lipinski definition) is 5. The molecule has 156 valence electrons. The van der Waals surface area contributed by atoms with E-state index in [0.29, 0.717) is 5.95 Å². The number of ether oxygens (including phenoxy) is 2. The number of benzene rings is 2. The smallest absolute Gasteiger partial charge is 0.233 e. The number of hydrogen-bond donors (Lipinski definition) is 0. The highest BCUT2D eigenvalue weighted by Gasteiger charge is 2.27. The Kier molecular flexibility index (Phi) is 5.37. The Hall–Kier alpha value is -3.64. The zero-order valence-electron chi connectivity index (χ0n) is 17.4. The molecule has 31 heavy (non-hydrogen) atoms. The van der Waals surface area contributed by atoms with Gasteiger partial charge >= 0.3 is 0 Å². The van der Waals surface area contributed by atoms with Gasteiger partial charge in [0.05, 0.1) is 7.11 Å². The van der Waals surface area contributed by atoms with E-state index in [-0.39, 0.29) is 6.10 Å². The molecule has 1 aliphatic heterocycles. The Balaban J connectivity index is 1.48. The summed E-state index contributed by atoms with van der Waals surface area (Å²) in [7, 11) is 1.70. The summed E-state index contributed by atoms with van der Waals surface area (Å²) >= 11 is 0. The van der Waals surface area contributed by atoms with Crippen LogP contribution in [0.3, 0.4) is 0 Å². The third kappa shape index (κ3) is 4.02. The lowest BCUT2D eigenvalue weighted by molar-refractivity contribution is 0.140. The molecule has 2 aromatic carbocycles. The molecule has 5 rings (SSSR count). The zero-order valence-corrected chi connectivity index (χ0v) is 17.4. The van der Waals surface area contributed by atoms with Crippen LogP contribution >= 0.6 is 0 Å². The average molecular weight is 412 g/mol. The number of fused-ring (bicyclic) bond motifs is 1. The standard InChI is InChI=1S/C25H24N4O2/c1-30-23-12-5-3-10-21(23)24-18-28(16-19-8-2-4-11-22(19)31-24)17-20-9-6-15-29(20)25-26-13-7-14-27-25/h2-15,24H,16-18H2,1H3. The first-order valence-corrected chi connectivity index (χ1v) is 10.4. The van der Waals surface area contributed by atoms with Gasteiger partial charge in [-0.1, -0.05) is 36.4 Å². The number of rotatable bonds is 5. The van der Waals surface area contributed by atoms with Crippen molar-refractivity contribution in [2.24, 2.45) is 0 Å². The van der Waals surface area contributed by atoms with E-state index in [0.717, 1.165) is 42.4 Å². The SMILES string of the molecule is COc1ccccc1C1CN(Cc2cccn2-c2ncccn2)Cc2ccccc2O1. The van der Waals surface area contributed by atoms with Crippen molar-refractivity contribution in [2.75, 3.05) is 13.7 Å². The number of aromatic nitrogens is 3. The zero-order chi connectivity index (χ0) is 21.0. The molecule has 3 heterocycles. The van der Waals surface area contributed by atoms with Crippen LogP contribution < -0.4 is 9.47 Å². The van der Waals surface area contributed by atoms with Crippen LogP contribution in [0.2, 0.25) is 0 Å². The van der Waals surface area contributed by atoms with Crippen molar-refractivity contribution in [3.8, 4) is 17.4 Å². The molecule has 0 saturated heterocycles. The normalized spacial score (nSPS) is 16.2. The lowest BCUT2D eigenvalue weighted by Crippen LogP contribution is -2.29. The minimum atomic E-state index is -0.142. The molecular weight excluding hydrogens is 388 g/mol. The molecule has 4 aromatic rings. The second-order valence-corrected chi connectivity index (χ2v) is 7.54. The highest BCUT2D eigenvalue weighted by Crippen LogP contribution is 2.35. The lowest BCUT2D eigenvalue weighted by atomic mass is 10.1. The third-order valence-electron chi connectivity index (χ3n) is 5.53. The van der Waals surface area contributed by atoms with Crippen LogP contribution in [0.15, 0.2) is 85.3 Å². The van der Waals surface area contributed by atoms with Gasteiger partial charge in [0.2, 0.25) is 5.95 Å². The highest BCUT2D eigenvalue weighted by molar-refractivity contribution is 5.39. The van der Waals surface area contributed by atoms with Gasteiger partial charge < -0.3 is 9.47 Å². The number of nitrogens with zero attached hydrogens (tertiary/aromatic N) is 4. The molecule has 0 amide bonds. The first kappa shape index (κ1) is 19.3. The van der Waals surface area contributed by atoms with Gasteiger partial charge in [-0.15, -0.1) is 0 Å². The van der Waals surface area contributed by atoms with E-state index in [9.17, 15) is 0 Å². The fraction of sp³-hybridized carbons (Fsp3) is 0.200. The van der Waals surface area contributed by atoms with Crippen molar-refractivity contribution in [3.05, 3.63) is 102 Å². The molecule has 0 aliphatic carbocycles. The summed E-state index contributed by atoms with van der Waals surface area (Å²) in [6, 6.07) is 22.3. The fourth-order valence-corrected chi connectivity index (χ4v) is 4.08. The van der Waals surface area contributed by atoms with E-state index in [1.807, 2.05) is 53.2 Å². The Morgan fingerprint density at radius 2 is 1.77 bits per heavy atom. The maximum absolute atomic E-state index is 6.50. The molecule has 1 unspecified atom stereocenters. The molecule has 0 saturated carbocycles. The molecular formula is C25H24N4O2. The second kappa shape index (κ2) is 8.62. The predicted molar refractivity (Wildman–Crippen MR) is 118 cm³/mol. The molecule has 0 bridgehead atoms. The maximum Gasteiger partial charge on any atom is 0.233 e. The van der Waals surface area contributed by atoms with Crippen molar-refractivity contribution in [2.45, 2.75) is 19.2 Å². The highest BCUT2D eigenvalue weighted by atomic mass is 16.5. The minimum absolute atomic E-state index is 0.142. The van der Waals surface area contributed by atoms with Gasteiger partial charge in [0, 0.05) is 55.0 Å². The summed E-state index contributed by atoms with van der Waals surface area (Å²) < 4.78 is 14.2. The molecule has 0 radical (unpaired) electrons. The molecule has 0 fully saturated rings. The average Bonchev–Trinajstić information content (AvgIpc) is 3.19. The van der Waals surface area contributed by atoms with Crippen LogP contribution in [0.1, 0.15) is 22.9 Å². The maximum atomic E-state index is 6.50. The number of methoxy groups -OCH3 is 1. The van der Waals surface area contributed by atoms with Gasteiger partial charge in [-0.25, -0.2) is 9.97 Å². The predicted octanol–water partition coefficient (Wildman–Crippen LogP) is 4.41. The third-order valence-corrected chi connectivity index (χ3v) is 5.53. The van der Waals surface area contributed by atoms with Crippen LogP contribution in [0.25, 0.3) is 5.95 Å². The molecule has 1 aliphatic rings. The van der Waals surface area contributed by atoms with Crippen molar-refractivity contribution >= 4 is 0 Å².